The normalized spacial score (nSPS) is 12.8. The molecular weight excluding hydrogens is 276 g/mol. The predicted molar refractivity (Wildman–Crippen MR) is 84.6 cm³/mol. The molecule has 1 N–H and O–H groups in total. The molecule has 0 amide bonds. The fourth-order valence-corrected chi connectivity index (χ4v) is 2.13. The van der Waals surface area contributed by atoms with Gasteiger partial charge < -0.3 is 15.1 Å². The maximum Gasteiger partial charge on any atom is 0.230 e. The van der Waals surface area contributed by atoms with E-state index in [-0.39, 0.29) is 11.3 Å². The molecule has 0 radical (unpaired) electrons. The minimum absolute atomic E-state index is 0.208. The van der Waals surface area contributed by atoms with Crippen molar-refractivity contribution in [1.82, 2.24) is 19.9 Å². The van der Waals surface area contributed by atoms with Crippen molar-refractivity contribution in [3.8, 4) is 0 Å². The van der Waals surface area contributed by atoms with Crippen LogP contribution in [0.25, 0.3) is 0 Å². The average molecular weight is 301 g/mol. The van der Waals surface area contributed by atoms with Gasteiger partial charge in [-0.3, -0.25) is 0 Å². The molecule has 0 saturated heterocycles. The molecule has 7 heteroatoms. The number of rotatable bonds is 7. The van der Waals surface area contributed by atoms with Crippen molar-refractivity contribution in [1.29, 1.82) is 0 Å². The van der Waals surface area contributed by atoms with Crippen LogP contribution in [0.4, 0.5) is 11.9 Å². The maximum absolute atomic E-state index is 5.95. The summed E-state index contributed by atoms with van der Waals surface area (Å²) in [4.78, 5) is 16.6. The van der Waals surface area contributed by atoms with Crippen LogP contribution in [0.15, 0.2) is 0 Å². The van der Waals surface area contributed by atoms with E-state index in [1.54, 1.807) is 0 Å². The van der Waals surface area contributed by atoms with Crippen molar-refractivity contribution in [2.75, 3.05) is 45.0 Å². The maximum atomic E-state index is 5.95. The number of likely N-dealkylation sites (N-methyl/N-ethyl adjacent to an activating group) is 1. The highest BCUT2D eigenvalue weighted by Gasteiger charge is 2.15. The van der Waals surface area contributed by atoms with Crippen LogP contribution in [0.3, 0.4) is 0 Å². The first-order valence-electron chi connectivity index (χ1n) is 6.78. The van der Waals surface area contributed by atoms with Crippen LogP contribution in [0, 0.1) is 5.92 Å². The van der Waals surface area contributed by atoms with Crippen LogP contribution >= 0.6 is 11.6 Å². The second-order valence-electron chi connectivity index (χ2n) is 5.86. The Bertz CT molecular complexity index is 411. The summed E-state index contributed by atoms with van der Waals surface area (Å²) in [6.45, 7) is 5.32. The Kier molecular flexibility index (Phi) is 6.42. The van der Waals surface area contributed by atoms with Crippen LogP contribution in [0.1, 0.15) is 20.3 Å². The molecule has 114 valence electrons. The summed E-state index contributed by atoms with van der Waals surface area (Å²) in [5, 5.41) is 3.57. The largest absolute Gasteiger partial charge is 0.350 e. The third kappa shape index (κ3) is 5.88. The van der Waals surface area contributed by atoms with Gasteiger partial charge in [0.25, 0.3) is 0 Å². The third-order valence-corrected chi connectivity index (χ3v) is 2.84. The summed E-state index contributed by atoms with van der Waals surface area (Å²) in [5.74, 6) is 1.68. The molecular formula is C13H25ClN6. The van der Waals surface area contributed by atoms with Gasteiger partial charge >= 0.3 is 0 Å². The van der Waals surface area contributed by atoms with Gasteiger partial charge in [-0.2, -0.15) is 15.0 Å². The van der Waals surface area contributed by atoms with E-state index in [9.17, 15) is 0 Å². The van der Waals surface area contributed by atoms with E-state index in [1.165, 1.54) is 0 Å². The van der Waals surface area contributed by atoms with Crippen molar-refractivity contribution in [2.45, 2.75) is 26.3 Å². The van der Waals surface area contributed by atoms with Gasteiger partial charge in [-0.25, -0.2) is 0 Å². The van der Waals surface area contributed by atoms with E-state index in [4.69, 9.17) is 11.6 Å². The van der Waals surface area contributed by atoms with Crippen molar-refractivity contribution in [3.63, 3.8) is 0 Å². The summed E-state index contributed by atoms with van der Waals surface area (Å²) < 4.78 is 0. The van der Waals surface area contributed by atoms with Crippen LogP contribution in [0.5, 0.6) is 0 Å². The Balaban J connectivity index is 2.86. The van der Waals surface area contributed by atoms with Gasteiger partial charge in [-0.15, -0.1) is 0 Å². The number of hydrogen-bond acceptors (Lipinski definition) is 6. The molecule has 20 heavy (non-hydrogen) atoms. The molecule has 1 atom stereocenters. The van der Waals surface area contributed by atoms with Gasteiger partial charge in [-0.05, 0) is 38.0 Å². The average Bonchev–Trinajstić information content (AvgIpc) is 2.25. The first-order chi connectivity index (χ1) is 9.27. The molecule has 1 unspecified atom stereocenters. The molecule has 1 aromatic rings. The SMILES string of the molecule is CC(C)CC(CN(C)C)Nc1nc(Cl)nc(N(C)C)n1. The zero-order chi connectivity index (χ0) is 15.3. The number of hydrogen-bond donors (Lipinski definition) is 1. The van der Waals surface area contributed by atoms with Crippen molar-refractivity contribution >= 4 is 23.5 Å². The van der Waals surface area contributed by atoms with Crippen molar-refractivity contribution in [3.05, 3.63) is 5.28 Å². The molecule has 1 rings (SSSR count). The smallest absolute Gasteiger partial charge is 0.230 e. The quantitative estimate of drug-likeness (QED) is 0.831. The lowest BCUT2D eigenvalue weighted by Gasteiger charge is -2.24. The first kappa shape index (κ1) is 16.9. The van der Waals surface area contributed by atoms with Gasteiger partial charge in [0.05, 0.1) is 0 Å². The fraction of sp³-hybridized carbons (Fsp3) is 0.769. The van der Waals surface area contributed by atoms with Crippen LogP contribution in [-0.2, 0) is 0 Å². The van der Waals surface area contributed by atoms with E-state index >= 15 is 0 Å². The lowest BCUT2D eigenvalue weighted by atomic mass is 10.0. The number of halogens is 1. The third-order valence-electron chi connectivity index (χ3n) is 2.67. The summed E-state index contributed by atoms with van der Waals surface area (Å²) in [7, 11) is 7.86. The Morgan fingerprint density at radius 3 is 2.25 bits per heavy atom. The minimum Gasteiger partial charge on any atom is -0.350 e. The highest BCUT2D eigenvalue weighted by Crippen LogP contribution is 2.15. The van der Waals surface area contributed by atoms with Gasteiger partial charge in [0, 0.05) is 26.7 Å². The highest BCUT2D eigenvalue weighted by atomic mass is 35.5. The molecule has 0 aromatic carbocycles. The predicted octanol–water partition coefficient (Wildman–Crippen LogP) is 1.98. The van der Waals surface area contributed by atoms with Gasteiger partial charge in [-0.1, -0.05) is 13.8 Å². The summed E-state index contributed by atoms with van der Waals surface area (Å²) in [5.41, 5.74) is 0. The fourth-order valence-electron chi connectivity index (χ4n) is 1.98. The van der Waals surface area contributed by atoms with E-state index in [0.717, 1.165) is 13.0 Å². The topological polar surface area (TPSA) is 57.2 Å². The Hall–Kier alpha value is -1.14. The van der Waals surface area contributed by atoms with Gasteiger partial charge in [0.15, 0.2) is 0 Å². The lowest BCUT2D eigenvalue weighted by Crippen LogP contribution is -2.34. The zero-order valence-electron chi connectivity index (χ0n) is 13.2. The van der Waals surface area contributed by atoms with Crippen molar-refractivity contribution in [2.24, 2.45) is 5.92 Å². The Morgan fingerprint density at radius 2 is 1.75 bits per heavy atom. The molecule has 0 aliphatic rings. The second-order valence-corrected chi connectivity index (χ2v) is 6.19. The van der Waals surface area contributed by atoms with Gasteiger partial charge in [0.2, 0.25) is 17.2 Å². The number of anilines is 2. The number of nitrogens with one attached hydrogen (secondary N) is 1. The van der Waals surface area contributed by atoms with Crippen LogP contribution < -0.4 is 10.2 Å². The second kappa shape index (κ2) is 7.59. The molecule has 1 heterocycles. The van der Waals surface area contributed by atoms with E-state index < -0.39 is 0 Å². The molecule has 0 aliphatic heterocycles. The summed E-state index contributed by atoms with van der Waals surface area (Å²) >= 11 is 5.95. The molecule has 0 aliphatic carbocycles. The van der Waals surface area contributed by atoms with Gasteiger partial charge in [0.1, 0.15) is 0 Å². The van der Waals surface area contributed by atoms with Crippen molar-refractivity contribution < 1.29 is 0 Å². The molecule has 0 saturated carbocycles. The monoisotopic (exact) mass is 300 g/mol. The Morgan fingerprint density at radius 1 is 1.10 bits per heavy atom. The standard InChI is InChI=1S/C13H25ClN6/c1-9(2)7-10(8-19(3)4)15-12-16-11(14)17-13(18-12)20(5)6/h9-10H,7-8H2,1-6H3,(H,15,16,17,18). The molecule has 0 fully saturated rings. The molecule has 0 spiro atoms. The van der Waals surface area contributed by atoms with Crippen LogP contribution in [0.2, 0.25) is 5.28 Å². The number of nitrogens with zero attached hydrogens (tertiary/aromatic N) is 5. The van der Waals surface area contributed by atoms with E-state index in [0.29, 0.717) is 17.8 Å². The Labute approximate surface area is 126 Å². The van der Waals surface area contributed by atoms with E-state index in [1.807, 2.05) is 19.0 Å². The highest BCUT2D eigenvalue weighted by molar-refractivity contribution is 6.28. The summed E-state index contributed by atoms with van der Waals surface area (Å²) in [6.07, 6.45) is 1.04. The zero-order valence-corrected chi connectivity index (χ0v) is 13.9. The molecule has 6 nitrogen and oxygen atoms in total. The molecule has 0 bridgehead atoms. The lowest BCUT2D eigenvalue weighted by molar-refractivity contribution is 0.355. The molecule has 1 aromatic heterocycles. The van der Waals surface area contributed by atoms with E-state index in [2.05, 4.69) is 53.1 Å². The number of aromatic nitrogens is 3. The first-order valence-corrected chi connectivity index (χ1v) is 7.16. The van der Waals surface area contributed by atoms with Crippen LogP contribution in [-0.4, -0.2) is 60.6 Å². The summed E-state index contributed by atoms with van der Waals surface area (Å²) in [6, 6.07) is 0.276. The minimum atomic E-state index is 0.208.